The Morgan fingerprint density at radius 1 is 1.00 bits per heavy atom. The SMILES string of the molecule is FC(F)(F)/C=C\O/C(Cl)=C/C(F)(F)F. The van der Waals surface area contributed by atoms with E-state index in [2.05, 4.69) is 4.74 Å². The molecule has 0 spiro atoms. The van der Waals surface area contributed by atoms with Gasteiger partial charge in [0.1, 0.15) is 0 Å². The summed E-state index contributed by atoms with van der Waals surface area (Å²) in [6.45, 7) is 0. The molecule has 82 valence electrons. The molecule has 0 saturated carbocycles. The van der Waals surface area contributed by atoms with Crippen molar-refractivity contribution in [2.24, 2.45) is 0 Å². The lowest BCUT2D eigenvalue weighted by Gasteiger charge is -2.01. The fourth-order valence-electron chi connectivity index (χ4n) is 0.339. The molecule has 0 fully saturated rings. The minimum absolute atomic E-state index is 0.0184. The minimum atomic E-state index is -4.73. The highest BCUT2D eigenvalue weighted by Gasteiger charge is 2.25. The van der Waals surface area contributed by atoms with E-state index in [0.717, 1.165) is 0 Å². The molecule has 8 heteroatoms. The van der Waals surface area contributed by atoms with Crippen molar-refractivity contribution in [3.05, 3.63) is 23.6 Å². The lowest BCUT2D eigenvalue weighted by atomic mass is 10.6. The maximum Gasteiger partial charge on any atom is 0.414 e. The summed E-state index contributed by atoms with van der Waals surface area (Å²) >= 11 is 4.79. The van der Waals surface area contributed by atoms with Gasteiger partial charge < -0.3 is 4.74 Å². The van der Waals surface area contributed by atoms with Gasteiger partial charge in [0, 0.05) is 0 Å². The van der Waals surface area contributed by atoms with E-state index in [0.29, 0.717) is 0 Å². The maximum absolute atomic E-state index is 11.5. The van der Waals surface area contributed by atoms with E-state index in [1.54, 1.807) is 0 Å². The first-order valence-electron chi connectivity index (χ1n) is 2.96. The lowest BCUT2D eigenvalue weighted by Crippen LogP contribution is -2.03. The molecule has 1 nitrogen and oxygen atoms in total. The summed E-state index contributed by atoms with van der Waals surface area (Å²) in [6.07, 6.45) is -10.2. The molecule has 0 aromatic rings. The molecule has 0 atom stereocenters. The van der Waals surface area contributed by atoms with E-state index in [9.17, 15) is 26.3 Å². The van der Waals surface area contributed by atoms with Crippen molar-refractivity contribution in [2.75, 3.05) is 0 Å². The van der Waals surface area contributed by atoms with E-state index >= 15 is 0 Å². The van der Waals surface area contributed by atoms with Crippen molar-refractivity contribution in [3.8, 4) is 0 Å². The van der Waals surface area contributed by atoms with Crippen LogP contribution in [0.3, 0.4) is 0 Å². The quantitative estimate of drug-likeness (QED) is 0.528. The minimum Gasteiger partial charge on any atom is -0.453 e. The molecule has 0 heterocycles. The fourth-order valence-corrected chi connectivity index (χ4v) is 0.514. The topological polar surface area (TPSA) is 9.23 Å². The van der Waals surface area contributed by atoms with Gasteiger partial charge in [-0.1, -0.05) is 0 Å². The number of alkyl halides is 6. The molecule has 0 amide bonds. The molecule has 0 aromatic heterocycles. The second-order valence-electron chi connectivity index (χ2n) is 1.95. The fraction of sp³-hybridized carbons (Fsp3) is 0.333. The largest absolute Gasteiger partial charge is 0.453 e. The van der Waals surface area contributed by atoms with Gasteiger partial charge in [-0.2, -0.15) is 26.3 Å². The zero-order valence-electron chi connectivity index (χ0n) is 6.29. The highest BCUT2D eigenvalue weighted by atomic mass is 35.5. The van der Waals surface area contributed by atoms with Crippen LogP contribution < -0.4 is 0 Å². The van der Waals surface area contributed by atoms with Crippen molar-refractivity contribution in [2.45, 2.75) is 12.4 Å². The molecule has 0 aliphatic carbocycles. The van der Waals surface area contributed by atoms with E-state index < -0.39 is 23.6 Å². The van der Waals surface area contributed by atoms with Crippen LogP contribution in [0.25, 0.3) is 0 Å². The number of ether oxygens (including phenoxy) is 1. The van der Waals surface area contributed by atoms with E-state index in [4.69, 9.17) is 11.6 Å². The second kappa shape index (κ2) is 4.59. The van der Waals surface area contributed by atoms with Crippen LogP contribution in [-0.4, -0.2) is 12.4 Å². The van der Waals surface area contributed by atoms with Gasteiger partial charge in [-0.3, -0.25) is 0 Å². The summed E-state index contributed by atoms with van der Waals surface area (Å²) in [5.74, 6) is 0. The van der Waals surface area contributed by atoms with Crippen molar-refractivity contribution in [1.82, 2.24) is 0 Å². The Labute approximate surface area is 79.6 Å². The summed E-state index contributed by atoms with van der Waals surface area (Å²) < 4.78 is 72.4. The highest BCUT2D eigenvalue weighted by molar-refractivity contribution is 6.28. The van der Waals surface area contributed by atoms with Crippen LogP contribution in [-0.2, 0) is 4.74 Å². The maximum atomic E-state index is 11.5. The Hall–Kier alpha value is -0.850. The van der Waals surface area contributed by atoms with Gasteiger partial charge >= 0.3 is 12.4 Å². The molecule has 0 unspecified atom stereocenters. The number of allylic oxidation sites excluding steroid dienone is 2. The smallest absolute Gasteiger partial charge is 0.414 e. The summed E-state index contributed by atoms with van der Waals surface area (Å²) in [5, 5.41) is -1.20. The number of rotatable bonds is 2. The van der Waals surface area contributed by atoms with Gasteiger partial charge in [0.05, 0.1) is 18.4 Å². The van der Waals surface area contributed by atoms with E-state index in [1.165, 1.54) is 0 Å². The molecule has 0 aromatic carbocycles. The van der Waals surface area contributed by atoms with Gasteiger partial charge in [0.15, 0.2) is 5.22 Å². The van der Waals surface area contributed by atoms with Gasteiger partial charge in [-0.25, -0.2) is 0 Å². The van der Waals surface area contributed by atoms with Crippen molar-refractivity contribution in [3.63, 3.8) is 0 Å². The molecular formula is C6H3ClF6O. The Morgan fingerprint density at radius 3 is 1.86 bits per heavy atom. The van der Waals surface area contributed by atoms with Crippen LogP contribution in [0.5, 0.6) is 0 Å². The average molecular weight is 241 g/mol. The van der Waals surface area contributed by atoms with Crippen LogP contribution in [0.2, 0.25) is 0 Å². The Balaban J connectivity index is 4.17. The van der Waals surface area contributed by atoms with Crippen LogP contribution in [0.1, 0.15) is 0 Å². The molecule has 0 saturated heterocycles. The first kappa shape index (κ1) is 13.2. The lowest BCUT2D eigenvalue weighted by molar-refractivity contribution is -0.0822. The molecular weight excluding hydrogens is 238 g/mol. The van der Waals surface area contributed by atoms with Crippen molar-refractivity contribution in [1.29, 1.82) is 0 Å². The third-order valence-corrected chi connectivity index (χ3v) is 0.913. The zero-order valence-corrected chi connectivity index (χ0v) is 7.04. The van der Waals surface area contributed by atoms with Gasteiger partial charge in [-0.05, 0) is 11.6 Å². The van der Waals surface area contributed by atoms with Crippen LogP contribution in [0, 0.1) is 0 Å². The number of halogens is 7. The van der Waals surface area contributed by atoms with Crippen LogP contribution in [0.4, 0.5) is 26.3 Å². The number of hydrogen-bond acceptors (Lipinski definition) is 1. The van der Waals surface area contributed by atoms with Gasteiger partial charge in [-0.15, -0.1) is 0 Å². The molecule has 0 radical (unpaired) electrons. The van der Waals surface area contributed by atoms with Crippen molar-refractivity contribution >= 4 is 11.6 Å². The Bertz CT molecular complexity index is 238. The second-order valence-corrected chi connectivity index (χ2v) is 2.32. The van der Waals surface area contributed by atoms with Crippen molar-refractivity contribution < 1.29 is 31.1 Å². The van der Waals surface area contributed by atoms with Gasteiger partial charge in [0.2, 0.25) is 0 Å². The summed E-state index contributed by atoms with van der Waals surface area (Å²) in [4.78, 5) is 0. The summed E-state index contributed by atoms with van der Waals surface area (Å²) in [7, 11) is 0. The highest BCUT2D eigenvalue weighted by Crippen LogP contribution is 2.22. The van der Waals surface area contributed by atoms with Crippen LogP contribution in [0.15, 0.2) is 23.6 Å². The normalized spacial score (nSPS) is 14.9. The molecule has 0 aliphatic heterocycles. The molecule has 0 bridgehead atoms. The van der Waals surface area contributed by atoms with E-state index in [-0.39, 0.29) is 12.3 Å². The summed E-state index contributed by atoms with van der Waals surface area (Å²) in [6, 6.07) is 0. The predicted octanol–water partition coefficient (Wildman–Crippen LogP) is 3.72. The van der Waals surface area contributed by atoms with Crippen LogP contribution >= 0.6 is 11.6 Å². The first-order chi connectivity index (χ1) is 6.10. The molecule has 14 heavy (non-hydrogen) atoms. The summed E-state index contributed by atoms with van der Waals surface area (Å²) in [5.41, 5.74) is 0. The van der Waals surface area contributed by atoms with Gasteiger partial charge in [0.25, 0.3) is 0 Å². The molecule has 0 N–H and O–H groups in total. The average Bonchev–Trinajstić information content (AvgIpc) is 1.78. The first-order valence-corrected chi connectivity index (χ1v) is 3.34. The molecule has 0 rings (SSSR count). The number of hydrogen-bond donors (Lipinski definition) is 0. The third kappa shape index (κ3) is 9.24. The Kier molecular flexibility index (Phi) is 4.31. The zero-order chi connectivity index (χ0) is 11.4. The standard InChI is InChI=1S/C6H3ClF6O/c7-4(3-6(11,12)13)14-2-1-5(8,9)10/h1-3H/b2-1-,4-3+. The Morgan fingerprint density at radius 2 is 1.50 bits per heavy atom. The predicted molar refractivity (Wildman–Crippen MR) is 36.3 cm³/mol. The monoisotopic (exact) mass is 240 g/mol. The third-order valence-electron chi connectivity index (χ3n) is 0.715. The van der Waals surface area contributed by atoms with E-state index in [1.807, 2.05) is 0 Å². The molecule has 0 aliphatic rings.